The molecular weight excluding hydrogens is 326 g/mol. The lowest BCUT2D eigenvalue weighted by Gasteiger charge is -2.06. The highest BCUT2D eigenvalue weighted by Gasteiger charge is 2.15. The van der Waals surface area contributed by atoms with E-state index in [4.69, 9.17) is 0 Å². The Labute approximate surface area is 121 Å². The Kier molecular flexibility index (Phi) is 4.37. The second kappa shape index (κ2) is 5.84. The zero-order valence-corrected chi connectivity index (χ0v) is 12.9. The smallest absolute Gasteiger partial charge is 0.178 e. The topological polar surface area (TPSA) is 47.0 Å². The number of rotatable bonds is 4. The van der Waals surface area contributed by atoms with Gasteiger partial charge in [0.25, 0.3) is 0 Å². The highest BCUT2D eigenvalue weighted by atomic mass is 79.9. The fourth-order valence-corrected chi connectivity index (χ4v) is 3.35. The Morgan fingerprint density at radius 2 is 2.05 bits per heavy atom. The molecule has 1 aromatic carbocycles. The molecule has 2 aromatic rings. The van der Waals surface area contributed by atoms with Crippen molar-refractivity contribution in [3.63, 3.8) is 0 Å². The van der Waals surface area contributed by atoms with Crippen LogP contribution < -0.4 is 0 Å². The first kappa shape index (κ1) is 14.2. The number of sulfone groups is 1. The third-order valence-corrected chi connectivity index (χ3v) is 5.47. The molecule has 100 valence electrons. The van der Waals surface area contributed by atoms with Gasteiger partial charge >= 0.3 is 0 Å². The lowest BCUT2D eigenvalue weighted by atomic mass is 10.2. The summed E-state index contributed by atoms with van der Waals surface area (Å²) >= 11 is 3.37. The molecule has 0 aliphatic rings. The van der Waals surface area contributed by atoms with Gasteiger partial charge in [-0.1, -0.05) is 22.0 Å². The second-order valence-corrected chi connectivity index (χ2v) is 7.30. The van der Waals surface area contributed by atoms with Crippen molar-refractivity contribution in [2.45, 2.75) is 18.2 Å². The summed E-state index contributed by atoms with van der Waals surface area (Å²) in [6.45, 7) is 1.88. The van der Waals surface area contributed by atoms with Crippen molar-refractivity contribution in [2.75, 3.05) is 5.75 Å². The third kappa shape index (κ3) is 3.64. The molecule has 0 aliphatic carbocycles. The summed E-state index contributed by atoms with van der Waals surface area (Å²) in [5.74, 6) is 0.0970. The standard InChI is InChI=1S/C14H14BrNO2S/c1-11-9-13(4-5-14(11)15)19(17,18)8-6-12-3-2-7-16-10-12/h2-5,7,9-10H,6,8H2,1H3. The highest BCUT2D eigenvalue weighted by molar-refractivity contribution is 9.10. The number of halogens is 1. The Balaban J connectivity index is 2.16. The largest absolute Gasteiger partial charge is 0.264 e. The minimum atomic E-state index is -3.25. The summed E-state index contributed by atoms with van der Waals surface area (Å²) in [5, 5.41) is 0. The molecule has 0 aliphatic heterocycles. The van der Waals surface area contributed by atoms with E-state index in [0.29, 0.717) is 11.3 Å². The van der Waals surface area contributed by atoms with Crippen LogP contribution in [0.3, 0.4) is 0 Å². The van der Waals surface area contributed by atoms with Crippen molar-refractivity contribution >= 4 is 25.8 Å². The summed E-state index contributed by atoms with van der Waals surface area (Å²) in [4.78, 5) is 4.36. The quantitative estimate of drug-likeness (QED) is 0.859. The highest BCUT2D eigenvalue weighted by Crippen LogP contribution is 2.21. The van der Waals surface area contributed by atoms with Crippen LogP contribution in [-0.2, 0) is 16.3 Å². The predicted octanol–water partition coefficient (Wildman–Crippen LogP) is 3.17. The van der Waals surface area contributed by atoms with Gasteiger partial charge in [0.1, 0.15) is 0 Å². The molecule has 1 aromatic heterocycles. The van der Waals surface area contributed by atoms with Gasteiger partial charge in [-0.25, -0.2) is 8.42 Å². The van der Waals surface area contributed by atoms with Crippen LogP contribution in [-0.4, -0.2) is 19.2 Å². The number of hydrogen-bond acceptors (Lipinski definition) is 3. The molecule has 1 heterocycles. The molecule has 0 spiro atoms. The normalized spacial score (nSPS) is 11.5. The van der Waals surface area contributed by atoms with Gasteiger partial charge in [-0.2, -0.15) is 0 Å². The van der Waals surface area contributed by atoms with Crippen LogP contribution in [0, 0.1) is 6.92 Å². The average molecular weight is 340 g/mol. The van der Waals surface area contributed by atoms with E-state index in [9.17, 15) is 8.42 Å². The van der Waals surface area contributed by atoms with Crippen LogP contribution in [0.15, 0.2) is 52.1 Å². The van der Waals surface area contributed by atoms with Gasteiger partial charge in [0.2, 0.25) is 0 Å². The van der Waals surface area contributed by atoms with Gasteiger partial charge in [0, 0.05) is 16.9 Å². The molecule has 0 amide bonds. The third-order valence-electron chi connectivity index (χ3n) is 2.87. The zero-order chi connectivity index (χ0) is 13.9. The molecular formula is C14H14BrNO2S. The minimum absolute atomic E-state index is 0.0970. The molecule has 19 heavy (non-hydrogen) atoms. The van der Waals surface area contributed by atoms with Crippen LogP contribution in [0.1, 0.15) is 11.1 Å². The SMILES string of the molecule is Cc1cc(S(=O)(=O)CCc2cccnc2)ccc1Br. The van der Waals surface area contributed by atoms with E-state index in [1.165, 1.54) is 0 Å². The number of hydrogen-bond donors (Lipinski definition) is 0. The van der Waals surface area contributed by atoms with Gasteiger partial charge in [-0.3, -0.25) is 4.98 Å². The van der Waals surface area contributed by atoms with E-state index in [0.717, 1.165) is 15.6 Å². The molecule has 0 N–H and O–H groups in total. The van der Waals surface area contributed by atoms with Gasteiger partial charge in [0.05, 0.1) is 10.6 Å². The van der Waals surface area contributed by atoms with Crippen LogP contribution in [0.5, 0.6) is 0 Å². The molecule has 0 fully saturated rings. The summed E-state index contributed by atoms with van der Waals surface area (Å²) in [6.07, 6.45) is 3.85. The van der Waals surface area contributed by atoms with E-state index in [1.54, 1.807) is 30.6 Å². The van der Waals surface area contributed by atoms with Crippen LogP contribution in [0.2, 0.25) is 0 Å². The Hall–Kier alpha value is -1.20. The van der Waals surface area contributed by atoms with Crippen molar-refractivity contribution in [3.8, 4) is 0 Å². The predicted molar refractivity (Wildman–Crippen MR) is 78.9 cm³/mol. The summed E-state index contributed by atoms with van der Waals surface area (Å²) in [7, 11) is -3.25. The van der Waals surface area contributed by atoms with Crippen LogP contribution in [0.25, 0.3) is 0 Å². The average Bonchev–Trinajstić information content (AvgIpc) is 2.41. The molecule has 0 saturated carbocycles. The first-order valence-electron chi connectivity index (χ1n) is 5.87. The molecule has 0 radical (unpaired) electrons. The van der Waals surface area contributed by atoms with Crippen molar-refractivity contribution < 1.29 is 8.42 Å². The van der Waals surface area contributed by atoms with E-state index in [-0.39, 0.29) is 5.75 Å². The molecule has 0 atom stereocenters. The molecule has 5 heteroatoms. The maximum atomic E-state index is 12.2. The van der Waals surface area contributed by atoms with Crippen molar-refractivity contribution in [3.05, 3.63) is 58.3 Å². The maximum Gasteiger partial charge on any atom is 0.178 e. The molecule has 0 saturated heterocycles. The van der Waals surface area contributed by atoms with Crippen molar-refractivity contribution in [1.29, 1.82) is 0 Å². The Morgan fingerprint density at radius 3 is 2.68 bits per heavy atom. The fourth-order valence-electron chi connectivity index (χ4n) is 1.73. The van der Waals surface area contributed by atoms with Gasteiger partial charge < -0.3 is 0 Å². The summed E-state index contributed by atoms with van der Waals surface area (Å²) < 4.78 is 25.4. The Morgan fingerprint density at radius 1 is 1.26 bits per heavy atom. The van der Waals surface area contributed by atoms with Crippen molar-refractivity contribution in [1.82, 2.24) is 4.98 Å². The first-order valence-corrected chi connectivity index (χ1v) is 8.31. The van der Waals surface area contributed by atoms with E-state index >= 15 is 0 Å². The van der Waals surface area contributed by atoms with Gasteiger partial charge in [-0.05, 0) is 48.7 Å². The summed E-state index contributed by atoms with van der Waals surface area (Å²) in [6, 6.07) is 8.80. The Bertz CT molecular complexity index is 669. The fraction of sp³-hybridized carbons (Fsp3) is 0.214. The van der Waals surface area contributed by atoms with Crippen LogP contribution >= 0.6 is 15.9 Å². The number of benzene rings is 1. The first-order chi connectivity index (χ1) is 8.99. The van der Waals surface area contributed by atoms with Crippen LogP contribution in [0.4, 0.5) is 0 Å². The van der Waals surface area contributed by atoms with Gasteiger partial charge in [-0.15, -0.1) is 0 Å². The molecule has 0 bridgehead atoms. The minimum Gasteiger partial charge on any atom is -0.264 e. The zero-order valence-electron chi connectivity index (χ0n) is 10.5. The van der Waals surface area contributed by atoms with Gasteiger partial charge in [0.15, 0.2) is 9.84 Å². The monoisotopic (exact) mass is 339 g/mol. The number of nitrogens with zero attached hydrogens (tertiary/aromatic N) is 1. The number of aromatic nitrogens is 1. The van der Waals surface area contributed by atoms with E-state index in [1.807, 2.05) is 19.1 Å². The maximum absolute atomic E-state index is 12.2. The van der Waals surface area contributed by atoms with E-state index in [2.05, 4.69) is 20.9 Å². The second-order valence-electron chi connectivity index (χ2n) is 4.34. The lowest BCUT2D eigenvalue weighted by molar-refractivity contribution is 0.595. The van der Waals surface area contributed by atoms with E-state index < -0.39 is 9.84 Å². The molecule has 2 rings (SSSR count). The lowest BCUT2D eigenvalue weighted by Crippen LogP contribution is -2.09. The molecule has 3 nitrogen and oxygen atoms in total. The number of aryl methyl sites for hydroxylation is 2. The number of pyridine rings is 1. The molecule has 0 unspecified atom stereocenters. The summed E-state index contributed by atoms with van der Waals surface area (Å²) in [5.41, 5.74) is 1.85. The van der Waals surface area contributed by atoms with Crippen molar-refractivity contribution in [2.24, 2.45) is 0 Å².